The fourth-order valence-electron chi connectivity index (χ4n) is 4.25. The molecule has 0 radical (unpaired) electrons. The van der Waals surface area contributed by atoms with Gasteiger partial charge in [0.05, 0.1) is 27.3 Å². The number of hydrogen-bond donors (Lipinski definition) is 0. The summed E-state index contributed by atoms with van der Waals surface area (Å²) in [4.78, 5) is 41.0. The van der Waals surface area contributed by atoms with Crippen LogP contribution in [-0.4, -0.2) is 58.6 Å². The highest BCUT2D eigenvalue weighted by Crippen LogP contribution is 2.25. The Morgan fingerprint density at radius 3 is 2.53 bits per heavy atom. The van der Waals surface area contributed by atoms with Crippen molar-refractivity contribution in [2.45, 2.75) is 13.1 Å². The molecule has 4 aromatic rings. The molecule has 0 bridgehead atoms. The highest BCUT2D eigenvalue weighted by molar-refractivity contribution is 7.13. The number of likely N-dealkylation sites (N-methyl/N-ethyl adjacent to an activating group) is 1. The molecule has 0 aliphatic carbocycles. The van der Waals surface area contributed by atoms with Crippen LogP contribution in [0.1, 0.15) is 5.56 Å². The molecule has 2 aromatic heterocycles. The van der Waals surface area contributed by atoms with Crippen LogP contribution in [0, 0.1) is 0 Å². The van der Waals surface area contributed by atoms with Gasteiger partial charge in [-0.3, -0.25) is 14.2 Å². The van der Waals surface area contributed by atoms with Gasteiger partial charge in [-0.15, -0.1) is 11.3 Å². The van der Waals surface area contributed by atoms with E-state index >= 15 is 0 Å². The van der Waals surface area contributed by atoms with Gasteiger partial charge < -0.3 is 14.7 Å². The van der Waals surface area contributed by atoms with Crippen molar-refractivity contribution in [1.29, 1.82) is 0 Å². The smallest absolute Gasteiger partial charge is 0.261 e. The summed E-state index contributed by atoms with van der Waals surface area (Å²) < 4.78 is 1.36. The van der Waals surface area contributed by atoms with Crippen molar-refractivity contribution in [2.24, 2.45) is 0 Å². The van der Waals surface area contributed by atoms with E-state index in [-0.39, 0.29) is 18.0 Å². The Balaban J connectivity index is 1.29. The van der Waals surface area contributed by atoms with Crippen LogP contribution in [-0.2, 0) is 17.9 Å². The van der Waals surface area contributed by atoms with E-state index in [9.17, 15) is 9.59 Å². The number of carbonyl (C=O) groups excluding carboxylic acids is 1. The second-order valence-corrected chi connectivity index (χ2v) is 10.4. The molecule has 0 atom stereocenters. The Morgan fingerprint density at radius 2 is 1.81 bits per heavy atom. The molecule has 5 rings (SSSR count). The summed E-state index contributed by atoms with van der Waals surface area (Å²) in [7, 11) is 1.69. The second kappa shape index (κ2) is 10.5. The number of nitrogens with zero attached hydrogens (tertiary/aromatic N) is 6. The molecule has 8 nitrogen and oxygen atoms in total. The maximum Gasteiger partial charge on any atom is 0.261 e. The zero-order valence-electron chi connectivity index (χ0n) is 19.6. The van der Waals surface area contributed by atoms with Crippen LogP contribution in [0.2, 0.25) is 10.0 Å². The standard InChI is InChI=1S/C25H24Cl2N6O2S/c1-30(14-17-2-4-20(26)21(27)12-17)23(34)15-33-16-29-22-5-3-18(13-19(22)24(33)35)31-7-9-32(10-8-31)25-28-6-11-36-25/h2-6,11-13,16H,7-10,14-15H2,1H3. The Kier molecular flexibility index (Phi) is 7.13. The Hall–Kier alpha value is -3.14. The minimum atomic E-state index is -0.237. The van der Waals surface area contributed by atoms with E-state index in [2.05, 4.69) is 19.8 Å². The molecule has 1 aliphatic rings. The molecule has 0 unspecified atom stereocenters. The third kappa shape index (κ3) is 5.18. The lowest BCUT2D eigenvalue weighted by molar-refractivity contribution is -0.131. The third-order valence-corrected chi connectivity index (χ3v) is 7.85. The normalized spacial score (nSPS) is 13.9. The lowest BCUT2D eigenvalue weighted by Crippen LogP contribution is -2.46. The highest BCUT2D eigenvalue weighted by atomic mass is 35.5. The first-order valence-corrected chi connectivity index (χ1v) is 13.1. The molecule has 1 amide bonds. The van der Waals surface area contributed by atoms with E-state index in [1.807, 2.05) is 35.8 Å². The number of amides is 1. The van der Waals surface area contributed by atoms with Gasteiger partial charge in [0.1, 0.15) is 6.54 Å². The molecule has 1 aliphatic heterocycles. The number of aromatic nitrogens is 3. The van der Waals surface area contributed by atoms with Crippen molar-refractivity contribution in [3.8, 4) is 0 Å². The van der Waals surface area contributed by atoms with Gasteiger partial charge in [0.25, 0.3) is 5.56 Å². The topological polar surface area (TPSA) is 74.6 Å². The number of rotatable bonds is 6. The number of halogens is 2. The zero-order valence-corrected chi connectivity index (χ0v) is 21.9. The van der Waals surface area contributed by atoms with Gasteiger partial charge >= 0.3 is 0 Å². The highest BCUT2D eigenvalue weighted by Gasteiger charge is 2.20. The summed E-state index contributed by atoms with van der Waals surface area (Å²) >= 11 is 13.7. The quantitative estimate of drug-likeness (QED) is 0.364. The van der Waals surface area contributed by atoms with Crippen molar-refractivity contribution < 1.29 is 4.79 Å². The molecular formula is C25H24Cl2N6O2S. The van der Waals surface area contributed by atoms with E-state index in [0.717, 1.165) is 42.6 Å². The molecule has 0 spiro atoms. The number of carbonyl (C=O) groups is 1. The van der Waals surface area contributed by atoms with Gasteiger partial charge in [0.2, 0.25) is 5.91 Å². The molecule has 36 heavy (non-hydrogen) atoms. The summed E-state index contributed by atoms with van der Waals surface area (Å²) in [5.41, 5.74) is 2.20. The second-order valence-electron chi connectivity index (χ2n) is 8.67. The summed E-state index contributed by atoms with van der Waals surface area (Å²) in [6, 6.07) is 11.0. The van der Waals surface area contributed by atoms with Crippen LogP contribution in [0.25, 0.3) is 10.9 Å². The molecule has 1 saturated heterocycles. The fraction of sp³-hybridized carbons (Fsp3) is 0.280. The summed E-state index contributed by atoms with van der Waals surface area (Å²) in [5.74, 6) is -0.209. The molecule has 2 aromatic carbocycles. The molecule has 0 saturated carbocycles. The van der Waals surface area contributed by atoms with E-state index in [4.69, 9.17) is 23.2 Å². The van der Waals surface area contributed by atoms with Crippen molar-refractivity contribution in [1.82, 2.24) is 19.4 Å². The van der Waals surface area contributed by atoms with Gasteiger partial charge in [0, 0.05) is 57.0 Å². The molecule has 0 N–H and O–H groups in total. The minimum Gasteiger partial charge on any atom is -0.368 e. The van der Waals surface area contributed by atoms with E-state index in [1.165, 1.54) is 10.9 Å². The average Bonchev–Trinajstić information content (AvgIpc) is 3.43. The first-order chi connectivity index (χ1) is 17.4. The Morgan fingerprint density at radius 1 is 1.03 bits per heavy atom. The maximum atomic E-state index is 13.3. The molecule has 186 valence electrons. The fourth-order valence-corrected chi connectivity index (χ4v) is 5.27. The third-order valence-electron chi connectivity index (χ3n) is 6.28. The monoisotopic (exact) mass is 542 g/mol. The number of hydrogen-bond acceptors (Lipinski definition) is 7. The van der Waals surface area contributed by atoms with Crippen LogP contribution in [0.4, 0.5) is 10.8 Å². The van der Waals surface area contributed by atoms with Gasteiger partial charge in [-0.1, -0.05) is 29.3 Å². The van der Waals surface area contributed by atoms with Gasteiger partial charge in [0.15, 0.2) is 5.13 Å². The number of benzene rings is 2. The van der Waals surface area contributed by atoms with Crippen LogP contribution < -0.4 is 15.4 Å². The van der Waals surface area contributed by atoms with Gasteiger partial charge in [-0.05, 0) is 35.9 Å². The lowest BCUT2D eigenvalue weighted by atomic mass is 10.2. The maximum absolute atomic E-state index is 13.3. The van der Waals surface area contributed by atoms with Crippen molar-refractivity contribution >= 4 is 62.2 Å². The number of piperazine rings is 1. The van der Waals surface area contributed by atoms with Gasteiger partial charge in [-0.2, -0.15) is 0 Å². The summed E-state index contributed by atoms with van der Waals surface area (Å²) in [5, 5.41) is 4.42. The minimum absolute atomic E-state index is 0.101. The molecule has 1 fully saturated rings. The zero-order chi connectivity index (χ0) is 25.2. The van der Waals surface area contributed by atoms with E-state index in [1.54, 1.807) is 35.4 Å². The molecular weight excluding hydrogens is 519 g/mol. The van der Waals surface area contributed by atoms with E-state index in [0.29, 0.717) is 27.5 Å². The molecule has 11 heteroatoms. The largest absolute Gasteiger partial charge is 0.368 e. The Labute approximate surface area is 222 Å². The number of thiazole rings is 1. The summed E-state index contributed by atoms with van der Waals surface area (Å²) in [6.07, 6.45) is 3.26. The average molecular weight is 543 g/mol. The van der Waals surface area contributed by atoms with E-state index < -0.39 is 0 Å². The first-order valence-electron chi connectivity index (χ1n) is 11.5. The van der Waals surface area contributed by atoms with Crippen molar-refractivity contribution in [3.05, 3.63) is 80.3 Å². The van der Waals surface area contributed by atoms with Crippen LogP contribution >= 0.6 is 34.5 Å². The van der Waals surface area contributed by atoms with Crippen LogP contribution in [0.15, 0.2) is 59.1 Å². The van der Waals surface area contributed by atoms with Gasteiger partial charge in [-0.25, -0.2) is 9.97 Å². The predicted molar refractivity (Wildman–Crippen MR) is 145 cm³/mol. The predicted octanol–water partition coefficient (Wildman–Crippen LogP) is 4.15. The number of anilines is 2. The van der Waals surface area contributed by atoms with Crippen LogP contribution in [0.5, 0.6) is 0 Å². The number of fused-ring (bicyclic) bond motifs is 1. The first kappa shape index (κ1) is 24.5. The lowest BCUT2D eigenvalue weighted by Gasteiger charge is -2.36. The SMILES string of the molecule is CN(Cc1ccc(Cl)c(Cl)c1)C(=O)Cn1cnc2ccc(N3CCN(c4nccs4)CC3)cc2c1=O. The Bertz CT molecular complexity index is 1450. The molecule has 3 heterocycles. The summed E-state index contributed by atoms with van der Waals surface area (Å²) in [6.45, 7) is 3.64. The van der Waals surface area contributed by atoms with Crippen molar-refractivity contribution in [3.63, 3.8) is 0 Å². The van der Waals surface area contributed by atoms with Crippen LogP contribution in [0.3, 0.4) is 0 Å². The van der Waals surface area contributed by atoms with Crippen molar-refractivity contribution in [2.75, 3.05) is 43.0 Å².